The van der Waals surface area contributed by atoms with Crippen LogP contribution in [-0.4, -0.2) is 13.7 Å². The molecule has 0 saturated heterocycles. The van der Waals surface area contributed by atoms with E-state index in [0.717, 1.165) is 6.07 Å². The summed E-state index contributed by atoms with van der Waals surface area (Å²) in [6.45, 7) is 0.445. The Kier molecular flexibility index (Phi) is 7.03. The molecule has 4 N–H and O–H groups in total. The fourth-order valence-corrected chi connectivity index (χ4v) is 1.53. The SMILES string of the molecule is COc1ccc(F)c([C@@H](N)CCCN)c1F.Cl. The standard InChI is InChI=1S/C11H16F2N2O.ClH/c1-16-9-5-4-7(12)10(11(9)13)8(15)3-2-6-14;/h4-5,8H,2-3,6,14-15H2,1H3;1H/t8-;/m0./s1. The largest absolute Gasteiger partial charge is 0.494 e. The molecule has 0 radical (unpaired) electrons. The quantitative estimate of drug-likeness (QED) is 0.858. The van der Waals surface area contributed by atoms with Gasteiger partial charge in [-0.25, -0.2) is 8.78 Å². The highest BCUT2D eigenvalue weighted by molar-refractivity contribution is 5.85. The molecule has 0 heterocycles. The third-order valence-corrected chi connectivity index (χ3v) is 2.40. The molecule has 0 bridgehead atoms. The van der Waals surface area contributed by atoms with Crippen LogP contribution in [-0.2, 0) is 0 Å². The van der Waals surface area contributed by atoms with Crippen LogP contribution in [0.4, 0.5) is 8.78 Å². The summed E-state index contributed by atoms with van der Waals surface area (Å²) in [4.78, 5) is 0. The lowest BCUT2D eigenvalue weighted by molar-refractivity contribution is 0.376. The molecule has 6 heteroatoms. The van der Waals surface area contributed by atoms with E-state index in [9.17, 15) is 8.78 Å². The van der Waals surface area contributed by atoms with Gasteiger partial charge in [-0.2, -0.15) is 0 Å². The molecule has 3 nitrogen and oxygen atoms in total. The molecular weight excluding hydrogens is 250 g/mol. The molecular formula is C11H17ClF2N2O. The Hall–Kier alpha value is -0.910. The third-order valence-electron chi connectivity index (χ3n) is 2.40. The monoisotopic (exact) mass is 266 g/mol. The van der Waals surface area contributed by atoms with Gasteiger partial charge in [0.15, 0.2) is 11.6 Å². The van der Waals surface area contributed by atoms with Crippen LogP contribution in [0, 0.1) is 11.6 Å². The smallest absolute Gasteiger partial charge is 0.172 e. The van der Waals surface area contributed by atoms with Crippen molar-refractivity contribution in [2.75, 3.05) is 13.7 Å². The topological polar surface area (TPSA) is 61.3 Å². The van der Waals surface area contributed by atoms with Crippen LogP contribution in [0.25, 0.3) is 0 Å². The van der Waals surface area contributed by atoms with E-state index in [4.69, 9.17) is 16.2 Å². The van der Waals surface area contributed by atoms with E-state index in [0.29, 0.717) is 19.4 Å². The van der Waals surface area contributed by atoms with Gasteiger partial charge in [0.25, 0.3) is 0 Å². The molecule has 17 heavy (non-hydrogen) atoms. The second-order valence-corrected chi connectivity index (χ2v) is 3.51. The molecule has 1 aromatic rings. The molecule has 0 fully saturated rings. The van der Waals surface area contributed by atoms with Crippen molar-refractivity contribution in [1.29, 1.82) is 0 Å². The summed E-state index contributed by atoms with van der Waals surface area (Å²) in [5.41, 5.74) is 10.9. The zero-order valence-corrected chi connectivity index (χ0v) is 10.4. The van der Waals surface area contributed by atoms with E-state index >= 15 is 0 Å². The number of benzene rings is 1. The Balaban J connectivity index is 0.00000256. The Morgan fingerprint density at radius 2 is 2.00 bits per heavy atom. The van der Waals surface area contributed by atoms with Crippen molar-refractivity contribution in [3.63, 3.8) is 0 Å². The minimum Gasteiger partial charge on any atom is -0.494 e. The highest BCUT2D eigenvalue weighted by Gasteiger charge is 2.19. The number of methoxy groups -OCH3 is 1. The van der Waals surface area contributed by atoms with Crippen molar-refractivity contribution < 1.29 is 13.5 Å². The number of hydrogen-bond donors (Lipinski definition) is 2. The Morgan fingerprint density at radius 1 is 1.35 bits per heavy atom. The highest BCUT2D eigenvalue weighted by Crippen LogP contribution is 2.28. The number of halogens is 3. The van der Waals surface area contributed by atoms with Gasteiger partial charge in [0.2, 0.25) is 0 Å². The van der Waals surface area contributed by atoms with Gasteiger partial charge in [0, 0.05) is 11.6 Å². The van der Waals surface area contributed by atoms with Crippen LogP contribution in [0.5, 0.6) is 5.75 Å². The summed E-state index contributed by atoms with van der Waals surface area (Å²) in [6.07, 6.45) is 1.06. The fourth-order valence-electron chi connectivity index (χ4n) is 1.53. The van der Waals surface area contributed by atoms with Gasteiger partial charge in [0.05, 0.1) is 7.11 Å². The lowest BCUT2D eigenvalue weighted by Gasteiger charge is -2.15. The number of hydrogen-bond acceptors (Lipinski definition) is 3. The van der Waals surface area contributed by atoms with Crippen LogP contribution in [0.3, 0.4) is 0 Å². The van der Waals surface area contributed by atoms with E-state index in [2.05, 4.69) is 0 Å². The summed E-state index contributed by atoms with van der Waals surface area (Å²) in [5.74, 6) is -1.38. The minimum absolute atomic E-state index is 0. The normalized spacial score (nSPS) is 11.8. The van der Waals surface area contributed by atoms with Gasteiger partial charge >= 0.3 is 0 Å². The molecule has 1 aromatic carbocycles. The average molecular weight is 267 g/mol. The molecule has 1 rings (SSSR count). The molecule has 0 aromatic heterocycles. The maximum Gasteiger partial charge on any atom is 0.172 e. The highest BCUT2D eigenvalue weighted by atomic mass is 35.5. The van der Waals surface area contributed by atoms with Crippen molar-refractivity contribution in [1.82, 2.24) is 0 Å². The third kappa shape index (κ3) is 3.80. The van der Waals surface area contributed by atoms with Gasteiger partial charge in [-0.15, -0.1) is 12.4 Å². The summed E-state index contributed by atoms with van der Waals surface area (Å²) in [6, 6.07) is 1.70. The molecule has 1 atom stereocenters. The Morgan fingerprint density at radius 3 is 2.53 bits per heavy atom. The maximum absolute atomic E-state index is 13.7. The minimum atomic E-state index is -0.730. The summed E-state index contributed by atoms with van der Waals surface area (Å²) in [5, 5.41) is 0. The van der Waals surface area contributed by atoms with Gasteiger partial charge < -0.3 is 16.2 Å². The number of rotatable bonds is 5. The van der Waals surface area contributed by atoms with Crippen LogP contribution in [0.1, 0.15) is 24.4 Å². The predicted molar refractivity (Wildman–Crippen MR) is 65.4 cm³/mol. The van der Waals surface area contributed by atoms with Crippen molar-refractivity contribution >= 4 is 12.4 Å². The molecule has 0 spiro atoms. The van der Waals surface area contributed by atoms with E-state index in [1.54, 1.807) is 0 Å². The first kappa shape index (κ1) is 16.1. The summed E-state index contributed by atoms with van der Waals surface area (Å²) >= 11 is 0. The zero-order valence-electron chi connectivity index (χ0n) is 9.58. The van der Waals surface area contributed by atoms with E-state index < -0.39 is 17.7 Å². The molecule has 0 saturated carbocycles. The second-order valence-electron chi connectivity index (χ2n) is 3.51. The van der Waals surface area contributed by atoms with E-state index in [1.807, 2.05) is 0 Å². The molecule has 98 valence electrons. The van der Waals surface area contributed by atoms with Gasteiger partial charge in [-0.05, 0) is 31.5 Å². The molecule has 0 aliphatic rings. The number of nitrogens with two attached hydrogens (primary N) is 2. The van der Waals surface area contributed by atoms with Crippen molar-refractivity contribution in [2.45, 2.75) is 18.9 Å². The van der Waals surface area contributed by atoms with Crippen molar-refractivity contribution in [3.8, 4) is 5.75 Å². The Labute approximate surface area is 106 Å². The van der Waals surface area contributed by atoms with Crippen LogP contribution < -0.4 is 16.2 Å². The molecule has 0 aliphatic heterocycles. The van der Waals surface area contributed by atoms with Crippen molar-refractivity contribution in [2.24, 2.45) is 11.5 Å². The van der Waals surface area contributed by atoms with Gasteiger partial charge in [-0.3, -0.25) is 0 Å². The predicted octanol–water partition coefficient (Wildman–Crippen LogP) is 2.13. The number of ether oxygens (including phenoxy) is 1. The van der Waals surface area contributed by atoms with E-state index in [1.165, 1.54) is 13.2 Å². The average Bonchev–Trinajstić information content (AvgIpc) is 2.26. The lowest BCUT2D eigenvalue weighted by Crippen LogP contribution is -2.16. The first-order valence-corrected chi connectivity index (χ1v) is 5.09. The summed E-state index contributed by atoms with van der Waals surface area (Å²) in [7, 11) is 1.32. The fraction of sp³-hybridized carbons (Fsp3) is 0.455. The van der Waals surface area contributed by atoms with Crippen LogP contribution in [0.2, 0.25) is 0 Å². The zero-order chi connectivity index (χ0) is 12.1. The van der Waals surface area contributed by atoms with Crippen molar-refractivity contribution in [3.05, 3.63) is 29.3 Å². The van der Waals surface area contributed by atoms with Crippen LogP contribution in [0.15, 0.2) is 12.1 Å². The van der Waals surface area contributed by atoms with Crippen LogP contribution >= 0.6 is 12.4 Å². The Bertz CT molecular complexity index is 364. The molecule has 0 aliphatic carbocycles. The first-order valence-electron chi connectivity index (χ1n) is 5.09. The second kappa shape index (κ2) is 7.42. The van der Waals surface area contributed by atoms with Gasteiger partial charge in [-0.1, -0.05) is 0 Å². The summed E-state index contributed by atoms with van der Waals surface area (Å²) < 4.78 is 31.9. The lowest BCUT2D eigenvalue weighted by atomic mass is 10.0. The van der Waals surface area contributed by atoms with Gasteiger partial charge in [0.1, 0.15) is 5.82 Å². The van der Waals surface area contributed by atoms with E-state index in [-0.39, 0.29) is 23.7 Å². The molecule has 0 amide bonds. The molecule has 0 unspecified atom stereocenters. The maximum atomic E-state index is 13.7. The first-order chi connectivity index (χ1) is 7.61.